The van der Waals surface area contributed by atoms with Crippen molar-refractivity contribution in [2.45, 2.75) is 25.9 Å². The van der Waals surface area contributed by atoms with Crippen LogP contribution in [0.5, 0.6) is 11.6 Å². The van der Waals surface area contributed by atoms with Gasteiger partial charge in [0.25, 0.3) is 0 Å². The summed E-state index contributed by atoms with van der Waals surface area (Å²) in [5.41, 5.74) is 3.77. The number of fused-ring (bicyclic) bond motifs is 1. The molecule has 1 fully saturated rings. The van der Waals surface area contributed by atoms with Crippen LogP contribution in [0.25, 0.3) is 10.9 Å². The number of hydrogen-bond donors (Lipinski definition) is 0. The Balaban J connectivity index is 0.989. The minimum atomic E-state index is -0.452. The monoisotopic (exact) mass is 668 g/mol. The highest BCUT2D eigenvalue weighted by Gasteiger charge is 2.20. The zero-order valence-corrected chi connectivity index (χ0v) is 27.7. The number of nitrogens with zero attached hydrogens (tertiary/aromatic N) is 4. The lowest BCUT2D eigenvalue weighted by Gasteiger charge is -2.36. The first kappa shape index (κ1) is 32.6. The van der Waals surface area contributed by atoms with Gasteiger partial charge in [0.1, 0.15) is 5.75 Å². The molecule has 0 unspecified atom stereocenters. The minimum absolute atomic E-state index is 0.253. The summed E-state index contributed by atoms with van der Waals surface area (Å²) in [4.78, 5) is 24.5. The quantitative estimate of drug-likeness (QED) is 0.124. The highest BCUT2D eigenvalue weighted by Crippen LogP contribution is 2.33. The van der Waals surface area contributed by atoms with Crippen molar-refractivity contribution in [3.63, 3.8) is 0 Å². The number of rotatable bonds is 12. The van der Waals surface area contributed by atoms with Gasteiger partial charge in [-0.15, -0.1) is 0 Å². The summed E-state index contributed by atoms with van der Waals surface area (Å²) >= 11 is 12.6. The van der Waals surface area contributed by atoms with E-state index < -0.39 is 6.09 Å². The lowest BCUT2D eigenvalue weighted by molar-refractivity contribution is 0.144. The zero-order valence-electron chi connectivity index (χ0n) is 26.2. The first-order valence-corrected chi connectivity index (χ1v) is 16.8. The number of hydrogen-bond acceptors (Lipinski definition) is 6. The van der Waals surface area contributed by atoms with Crippen molar-refractivity contribution in [2.24, 2.45) is 0 Å². The van der Waals surface area contributed by atoms with E-state index >= 15 is 0 Å². The minimum Gasteiger partial charge on any atom is -0.494 e. The average molecular weight is 670 g/mol. The summed E-state index contributed by atoms with van der Waals surface area (Å²) in [6, 6.07) is 35.1. The number of carbonyl (C=O) groups is 1. The lowest BCUT2D eigenvalue weighted by atomic mass is 10.2. The first-order chi connectivity index (χ1) is 23.0. The van der Waals surface area contributed by atoms with Crippen LogP contribution in [-0.4, -0.2) is 60.2 Å². The fourth-order valence-corrected chi connectivity index (χ4v) is 6.16. The van der Waals surface area contributed by atoms with Gasteiger partial charge < -0.3 is 14.4 Å². The van der Waals surface area contributed by atoms with Crippen molar-refractivity contribution >= 4 is 45.9 Å². The molecule has 1 aliphatic rings. The van der Waals surface area contributed by atoms with E-state index in [1.54, 1.807) is 11.0 Å². The maximum Gasteiger partial charge on any atom is 0.417 e. The van der Waals surface area contributed by atoms with E-state index in [9.17, 15) is 4.79 Å². The molecular formula is C38H38Cl2N4O3. The van der Waals surface area contributed by atoms with E-state index in [2.05, 4.69) is 14.8 Å². The van der Waals surface area contributed by atoms with Gasteiger partial charge in [0, 0.05) is 56.8 Å². The summed E-state index contributed by atoms with van der Waals surface area (Å²) in [6.45, 7) is 6.33. The Hall–Kier alpha value is -4.30. The van der Waals surface area contributed by atoms with Crippen LogP contribution in [0.15, 0.2) is 109 Å². The molecule has 6 rings (SSSR count). The zero-order chi connectivity index (χ0) is 32.4. The average Bonchev–Trinajstić information content (AvgIpc) is 3.10. The number of anilines is 1. The number of halogens is 2. The second kappa shape index (κ2) is 16.0. The molecule has 2 heterocycles. The third-order valence-electron chi connectivity index (χ3n) is 8.30. The number of aromatic nitrogens is 1. The molecule has 1 saturated heterocycles. The third-order valence-corrected chi connectivity index (χ3v) is 9.11. The van der Waals surface area contributed by atoms with Crippen molar-refractivity contribution in [3.8, 4) is 11.6 Å². The maximum atomic E-state index is 13.4. The maximum absolute atomic E-state index is 13.4. The van der Waals surface area contributed by atoms with E-state index in [1.165, 1.54) is 0 Å². The van der Waals surface area contributed by atoms with Crippen LogP contribution >= 0.6 is 23.2 Å². The first-order valence-electron chi connectivity index (χ1n) is 16.0. The second-order valence-electron chi connectivity index (χ2n) is 11.7. The fraction of sp³-hybridized carbons (Fsp3) is 0.263. The van der Waals surface area contributed by atoms with Gasteiger partial charge in [-0.3, -0.25) is 9.80 Å². The van der Waals surface area contributed by atoms with Crippen LogP contribution < -0.4 is 14.4 Å². The van der Waals surface area contributed by atoms with E-state index in [1.807, 2.05) is 103 Å². The second-order valence-corrected chi connectivity index (χ2v) is 12.4. The van der Waals surface area contributed by atoms with Crippen LogP contribution in [0, 0.1) is 0 Å². The molecular weight excluding hydrogens is 631 g/mol. The molecule has 1 aliphatic heterocycles. The van der Waals surface area contributed by atoms with Crippen LogP contribution in [-0.2, 0) is 13.1 Å². The number of pyridine rings is 1. The molecule has 242 valence electrons. The number of unbranched alkanes of at least 4 members (excludes halogenated alkanes) is 1. The van der Waals surface area contributed by atoms with Gasteiger partial charge in [-0.25, -0.2) is 9.78 Å². The number of ether oxygens (including phenoxy) is 2. The van der Waals surface area contributed by atoms with Gasteiger partial charge in [-0.05, 0) is 60.8 Å². The number of benzene rings is 4. The number of piperazine rings is 1. The lowest BCUT2D eigenvalue weighted by Crippen LogP contribution is -2.46. The highest BCUT2D eigenvalue weighted by molar-refractivity contribution is 6.43. The van der Waals surface area contributed by atoms with E-state index in [0.29, 0.717) is 35.3 Å². The SMILES string of the molecule is O=C(Oc1ccc2ccc(OCCCCN3CCN(c4cccc(Cl)c4Cl)CC3)cc2n1)N(Cc1ccccc1)Cc1ccccc1. The predicted octanol–water partition coefficient (Wildman–Crippen LogP) is 8.72. The van der Waals surface area contributed by atoms with E-state index in [0.717, 1.165) is 73.5 Å². The van der Waals surface area contributed by atoms with E-state index in [4.69, 9.17) is 32.7 Å². The van der Waals surface area contributed by atoms with Crippen LogP contribution in [0.1, 0.15) is 24.0 Å². The molecule has 5 aromatic rings. The van der Waals surface area contributed by atoms with Crippen molar-refractivity contribution < 1.29 is 14.3 Å². The van der Waals surface area contributed by atoms with Gasteiger partial charge in [0.15, 0.2) is 0 Å². The molecule has 0 N–H and O–H groups in total. The molecule has 1 amide bonds. The third kappa shape index (κ3) is 8.95. The molecule has 4 aromatic carbocycles. The molecule has 0 aliphatic carbocycles. The largest absolute Gasteiger partial charge is 0.494 e. The van der Waals surface area contributed by atoms with Crippen molar-refractivity contribution in [1.82, 2.24) is 14.8 Å². The summed E-state index contributed by atoms with van der Waals surface area (Å²) in [7, 11) is 0. The molecule has 7 nitrogen and oxygen atoms in total. The Bertz CT molecular complexity index is 1720. The predicted molar refractivity (Wildman–Crippen MR) is 190 cm³/mol. The van der Waals surface area contributed by atoms with Gasteiger partial charge in [0.2, 0.25) is 5.88 Å². The molecule has 1 aromatic heterocycles. The molecule has 0 atom stereocenters. The van der Waals surface area contributed by atoms with Gasteiger partial charge in [-0.2, -0.15) is 0 Å². The standard InChI is InChI=1S/C38H38Cl2N4O3/c39-33-14-9-15-35(37(33)40)43-23-21-42(22-24-43)20-7-8-25-46-32-18-16-31-17-19-36(41-34(31)26-32)47-38(45)44(27-29-10-3-1-4-11-29)28-30-12-5-2-6-13-30/h1-6,9-19,26H,7-8,20-25,27-28H2. The molecule has 47 heavy (non-hydrogen) atoms. The topological polar surface area (TPSA) is 58.1 Å². The van der Waals surface area contributed by atoms with Crippen molar-refractivity contribution in [2.75, 3.05) is 44.2 Å². The highest BCUT2D eigenvalue weighted by atomic mass is 35.5. The summed E-state index contributed by atoms with van der Waals surface area (Å²) in [6.07, 6.45) is 1.54. The Kier molecular flexibility index (Phi) is 11.1. The number of carbonyl (C=O) groups excluding carboxylic acids is 1. The Morgan fingerprint density at radius 1 is 0.766 bits per heavy atom. The molecule has 0 bridgehead atoms. The number of amides is 1. The summed E-state index contributed by atoms with van der Waals surface area (Å²) in [5, 5.41) is 2.17. The summed E-state index contributed by atoms with van der Waals surface area (Å²) < 4.78 is 11.9. The van der Waals surface area contributed by atoms with Crippen LogP contribution in [0.4, 0.5) is 10.5 Å². The van der Waals surface area contributed by atoms with Crippen LogP contribution in [0.2, 0.25) is 10.0 Å². The molecule has 0 spiro atoms. The smallest absolute Gasteiger partial charge is 0.417 e. The Labute approximate surface area is 286 Å². The van der Waals surface area contributed by atoms with Crippen molar-refractivity contribution in [1.29, 1.82) is 0 Å². The molecule has 9 heteroatoms. The summed E-state index contributed by atoms with van der Waals surface area (Å²) in [5.74, 6) is 0.999. The fourth-order valence-electron chi connectivity index (χ4n) is 5.75. The van der Waals surface area contributed by atoms with E-state index in [-0.39, 0.29) is 5.88 Å². The van der Waals surface area contributed by atoms with Gasteiger partial charge in [0.05, 0.1) is 27.9 Å². The Morgan fingerprint density at radius 3 is 2.15 bits per heavy atom. The van der Waals surface area contributed by atoms with Gasteiger partial charge >= 0.3 is 6.09 Å². The molecule has 0 radical (unpaired) electrons. The normalized spacial score (nSPS) is 13.4. The van der Waals surface area contributed by atoms with Crippen LogP contribution in [0.3, 0.4) is 0 Å². The Morgan fingerprint density at radius 2 is 1.45 bits per heavy atom. The van der Waals surface area contributed by atoms with Gasteiger partial charge in [-0.1, -0.05) is 89.9 Å². The van der Waals surface area contributed by atoms with Crippen molar-refractivity contribution in [3.05, 3.63) is 130 Å². The molecule has 0 saturated carbocycles.